The molecule has 2 rings (SSSR count). The Labute approximate surface area is 99.0 Å². The van der Waals surface area contributed by atoms with Crippen LogP contribution >= 0.6 is 0 Å². The molecule has 0 aliphatic carbocycles. The second-order valence-corrected chi connectivity index (χ2v) is 3.61. The van der Waals surface area contributed by atoms with E-state index in [1.54, 1.807) is 17.8 Å². The van der Waals surface area contributed by atoms with E-state index >= 15 is 0 Å². The summed E-state index contributed by atoms with van der Waals surface area (Å²) in [6.07, 6.45) is 1.56. The molecule has 1 heterocycles. The Morgan fingerprint density at radius 3 is 3.00 bits per heavy atom. The first-order valence-electron chi connectivity index (χ1n) is 5.37. The summed E-state index contributed by atoms with van der Waals surface area (Å²) in [6, 6.07) is 7.78. The minimum absolute atomic E-state index is 0.216. The van der Waals surface area contributed by atoms with Crippen LogP contribution in [0.4, 0.5) is 0 Å². The number of nitrogens with zero attached hydrogens (tertiary/aromatic N) is 3. The summed E-state index contributed by atoms with van der Waals surface area (Å²) in [7, 11) is 0. The monoisotopic (exact) mass is 231 g/mol. The Kier molecular flexibility index (Phi) is 3.18. The van der Waals surface area contributed by atoms with Gasteiger partial charge >= 0.3 is 5.97 Å². The van der Waals surface area contributed by atoms with Crippen LogP contribution in [0.15, 0.2) is 30.5 Å². The summed E-state index contributed by atoms with van der Waals surface area (Å²) in [5.74, 6) is -0.452. The van der Waals surface area contributed by atoms with Crippen molar-refractivity contribution >= 4 is 5.97 Å². The van der Waals surface area contributed by atoms with E-state index < -0.39 is 5.97 Å². The minimum Gasteiger partial charge on any atom is -0.461 e. The number of aryl methyl sites for hydroxylation is 1. The maximum atomic E-state index is 11.4. The number of aromatic nitrogens is 3. The van der Waals surface area contributed by atoms with Crippen LogP contribution in [-0.4, -0.2) is 27.6 Å². The van der Waals surface area contributed by atoms with Crippen molar-refractivity contribution in [3.05, 3.63) is 41.7 Å². The maximum absolute atomic E-state index is 11.4. The summed E-state index contributed by atoms with van der Waals surface area (Å²) in [6.45, 7) is 4.08. The zero-order chi connectivity index (χ0) is 12.3. The van der Waals surface area contributed by atoms with E-state index in [0.29, 0.717) is 6.61 Å². The lowest BCUT2D eigenvalue weighted by molar-refractivity contribution is 0.0519. The van der Waals surface area contributed by atoms with Gasteiger partial charge in [0.05, 0.1) is 18.5 Å². The fourth-order valence-electron chi connectivity index (χ4n) is 1.46. The van der Waals surface area contributed by atoms with Crippen LogP contribution in [0.25, 0.3) is 5.69 Å². The van der Waals surface area contributed by atoms with Crippen LogP contribution in [0, 0.1) is 6.92 Å². The van der Waals surface area contributed by atoms with Crippen LogP contribution in [0.3, 0.4) is 0 Å². The van der Waals surface area contributed by atoms with Gasteiger partial charge in [0.2, 0.25) is 0 Å². The van der Waals surface area contributed by atoms with Crippen molar-refractivity contribution in [3.8, 4) is 5.69 Å². The third-order valence-electron chi connectivity index (χ3n) is 2.24. The average Bonchev–Trinajstić information content (AvgIpc) is 2.78. The van der Waals surface area contributed by atoms with E-state index in [1.165, 1.54) is 0 Å². The average molecular weight is 231 g/mol. The number of hydrogen-bond donors (Lipinski definition) is 0. The summed E-state index contributed by atoms with van der Waals surface area (Å²) in [5, 5.41) is 7.68. The van der Waals surface area contributed by atoms with Gasteiger partial charge in [-0.15, -0.1) is 5.10 Å². The molecule has 17 heavy (non-hydrogen) atoms. The predicted octanol–water partition coefficient (Wildman–Crippen LogP) is 1.75. The highest BCUT2D eigenvalue weighted by molar-refractivity contribution is 5.86. The lowest BCUT2D eigenvalue weighted by atomic mass is 10.2. The fourth-order valence-corrected chi connectivity index (χ4v) is 1.46. The van der Waals surface area contributed by atoms with Crippen molar-refractivity contribution in [1.82, 2.24) is 15.0 Å². The Balaban J connectivity index is 2.27. The summed E-state index contributed by atoms with van der Waals surface area (Å²) in [4.78, 5) is 11.4. The predicted molar refractivity (Wildman–Crippen MR) is 62.1 cm³/mol. The van der Waals surface area contributed by atoms with Crippen LogP contribution in [0.1, 0.15) is 23.0 Å². The first-order valence-corrected chi connectivity index (χ1v) is 5.37. The second-order valence-electron chi connectivity index (χ2n) is 3.61. The molecule has 5 nitrogen and oxygen atoms in total. The van der Waals surface area contributed by atoms with E-state index in [0.717, 1.165) is 11.3 Å². The van der Waals surface area contributed by atoms with Crippen LogP contribution in [-0.2, 0) is 4.74 Å². The van der Waals surface area contributed by atoms with Gasteiger partial charge in [0, 0.05) is 0 Å². The van der Waals surface area contributed by atoms with Crippen LogP contribution < -0.4 is 0 Å². The first-order chi connectivity index (χ1) is 8.20. The van der Waals surface area contributed by atoms with Crippen LogP contribution in [0.2, 0.25) is 0 Å². The molecule has 0 amide bonds. The zero-order valence-corrected chi connectivity index (χ0v) is 9.75. The molecule has 0 fully saturated rings. The van der Waals surface area contributed by atoms with Crippen molar-refractivity contribution in [1.29, 1.82) is 0 Å². The normalized spacial score (nSPS) is 10.2. The molecule has 1 aromatic heterocycles. The number of hydrogen-bond acceptors (Lipinski definition) is 4. The van der Waals surface area contributed by atoms with E-state index in [2.05, 4.69) is 10.3 Å². The molecule has 0 bridgehead atoms. The molecule has 0 aliphatic heterocycles. The molecule has 0 radical (unpaired) electrons. The molecule has 0 spiro atoms. The van der Waals surface area contributed by atoms with E-state index in [4.69, 9.17) is 4.74 Å². The van der Waals surface area contributed by atoms with Crippen molar-refractivity contribution in [2.45, 2.75) is 13.8 Å². The molecule has 0 aliphatic rings. The SMILES string of the molecule is CCOC(=O)c1cn(-c2cccc(C)c2)nn1. The molecule has 0 saturated heterocycles. The molecule has 88 valence electrons. The topological polar surface area (TPSA) is 57.0 Å². The smallest absolute Gasteiger partial charge is 0.360 e. The zero-order valence-electron chi connectivity index (χ0n) is 9.75. The molecule has 0 N–H and O–H groups in total. The number of ether oxygens (including phenoxy) is 1. The third-order valence-corrected chi connectivity index (χ3v) is 2.24. The van der Waals surface area contributed by atoms with Gasteiger partial charge in [0.1, 0.15) is 0 Å². The quantitative estimate of drug-likeness (QED) is 0.755. The third kappa shape index (κ3) is 2.50. The van der Waals surface area contributed by atoms with Gasteiger partial charge in [0.25, 0.3) is 0 Å². The van der Waals surface area contributed by atoms with E-state index in [9.17, 15) is 4.79 Å². The lowest BCUT2D eigenvalue weighted by Crippen LogP contribution is -2.04. The molecular formula is C12H13N3O2. The lowest BCUT2D eigenvalue weighted by Gasteiger charge is -2.00. The van der Waals surface area contributed by atoms with Crippen LogP contribution in [0.5, 0.6) is 0 Å². The molecular weight excluding hydrogens is 218 g/mol. The molecule has 2 aromatic rings. The van der Waals surface area contributed by atoms with Gasteiger partial charge < -0.3 is 4.74 Å². The Morgan fingerprint density at radius 2 is 2.29 bits per heavy atom. The molecule has 0 atom stereocenters. The number of carbonyl (C=O) groups is 1. The fraction of sp³-hybridized carbons (Fsp3) is 0.250. The highest BCUT2D eigenvalue weighted by Crippen LogP contribution is 2.09. The Bertz CT molecular complexity index is 534. The maximum Gasteiger partial charge on any atom is 0.360 e. The largest absolute Gasteiger partial charge is 0.461 e. The molecule has 0 saturated carbocycles. The van der Waals surface area contributed by atoms with Crippen molar-refractivity contribution in [3.63, 3.8) is 0 Å². The molecule has 0 unspecified atom stereocenters. The Morgan fingerprint density at radius 1 is 1.47 bits per heavy atom. The number of esters is 1. The highest BCUT2D eigenvalue weighted by atomic mass is 16.5. The van der Waals surface area contributed by atoms with Gasteiger partial charge in [-0.1, -0.05) is 17.3 Å². The molecule has 1 aromatic carbocycles. The van der Waals surface area contributed by atoms with Gasteiger partial charge in [-0.25, -0.2) is 9.48 Å². The van der Waals surface area contributed by atoms with E-state index in [-0.39, 0.29) is 5.69 Å². The van der Waals surface area contributed by atoms with Gasteiger partial charge in [-0.3, -0.25) is 0 Å². The molecule has 5 heteroatoms. The highest BCUT2D eigenvalue weighted by Gasteiger charge is 2.11. The number of rotatable bonds is 3. The minimum atomic E-state index is -0.452. The van der Waals surface area contributed by atoms with Gasteiger partial charge in [-0.05, 0) is 31.5 Å². The number of benzene rings is 1. The second kappa shape index (κ2) is 4.78. The number of carbonyl (C=O) groups excluding carboxylic acids is 1. The summed E-state index contributed by atoms with van der Waals surface area (Å²) in [5.41, 5.74) is 2.21. The van der Waals surface area contributed by atoms with E-state index in [1.807, 2.05) is 31.2 Å². The van der Waals surface area contributed by atoms with Crippen molar-refractivity contribution in [2.24, 2.45) is 0 Å². The van der Waals surface area contributed by atoms with Crippen molar-refractivity contribution < 1.29 is 9.53 Å². The standard InChI is InChI=1S/C12H13N3O2/c1-3-17-12(16)11-8-15(14-13-11)10-6-4-5-9(2)7-10/h4-8H,3H2,1-2H3. The summed E-state index contributed by atoms with van der Waals surface area (Å²) < 4.78 is 6.40. The Hall–Kier alpha value is -2.17. The summed E-state index contributed by atoms with van der Waals surface area (Å²) >= 11 is 0. The van der Waals surface area contributed by atoms with Crippen molar-refractivity contribution in [2.75, 3.05) is 6.61 Å². The first kappa shape index (κ1) is 11.3. The van der Waals surface area contributed by atoms with Gasteiger partial charge in [-0.2, -0.15) is 0 Å². The van der Waals surface area contributed by atoms with Gasteiger partial charge in [0.15, 0.2) is 5.69 Å².